The number of carbonyl (C=O) groups is 2. The van der Waals surface area contributed by atoms with Crippen molar-refractivity contribution < 1.29 is 23.8 Å². The lowest BCUT2D eigenvalue weighted by atomic mass is 9.91. The van der Waals surface area contributed by atoms with Crippen molar-refractivity contribution in [3.8, 4) is 11.8 Å². The zero-order valence-corrected chi connectivity index (χ0v) is 17.2. The molecule has 152 valence electrons. The van der Waals surface area contributed by atoms with Crippen LogP contribution in [-0.4, -0.2) is 54.0 Å². The van der Waals surface area contributed by atoms with E-state index in [4.69, 9.17) is 9.47 Å². The van der Waals surface area contributed by atoms with E-state index < -0.39 is 17.9 Å². The number of nitrogens with zero attached hydrogens (tertiary/aromatic N) is 2. The second-order valence-corrected chi connectivity index (χ2v) is 7.73. The molecule has 1 aliphatic heterocycles. The number of carbonyl (C=O) groups excluding carboxylic acids is 2. The third-order valence-corrected chi connectivity index (χ3v) is 4.24. The third kappa shape index (κ3) is 6.76. The van der Waals surface area contributed by atoms with Crippen molar-refractivity contribution in [1.29, 1.82) is 0 Å². The number of pyridine rings is 1. The van der Waals surface area contributed by atoms with Gasteiger partial charge in [-0.15, -0.1) is 0 Å². The highest BCUT2D eigenvalue weighted by molar-refractivity contribution is 5.68. The van der Waals surface area contributed by atoms with Gasteiger partial charge < -0.3 is 19.1 Å². The molecule has 0 N–H and O–H groups in total. The number of amides is 1. The van der Waals surface area contributed by atoms with Crippen LogP contribution in [0.4, 0.5) is 9.59 Å². The molecule has 1 unspecified atom stereocenters. The third-order valence-electron chi connectivity index (χ3n) is 4.24. The van der Waals surface area contributed by atoms with Gasteiger partial charge in [-0.3, -0.25) is 0 Å². The summed E-state index contributed by atoms with van der Waals surface area (Å²) < 4.78 is 15.4. The lowest BCUT2D eigenvalue weighted by Crippen LogP contribution is -2.44. The maximum Gasteiger partial charge on any atom is 0.509 e. The Morgan fingerprint density at radius 1 is 1.25 bits per heavy atom. The highest BCUT2D eigenvalue weighted by atomic mass is 16.7. The average Bonchev–Trinajstić information content (AvgIpc) is 2.63. The minimum atomic E-state index is -0.772. The molecule has 0 saturated carbocycles. The van der Waals surface area contributed by atoms with Crippen LogP contribution in [-0.2, 0) is 14.2 Å². The van der Waals surface area contributed by atoms with Gasteiger partial charge in [-0.1, -0.05) is 12.0 Å². The van der Waals surface area contributed by atoms with E-state index >= 15 is 0 Å². The number of hydrogen-bond donors (Lipinski definition) is 0. The SMILES string of the molecule is COC(=O)OC(C#Cc1cccc(C)n1)C1CCN(C(=O)OC(C)(C)C)CC1. The topological polar surface area (TPSA) is 78.0 Å². The summed E-state index contributed by atoms with van der Waals surface area (Å²) in [5.41, 5.74) is 0.948. The maximum atomic E-state index is 12.2. The summed E-state index contributed by atoms with van der Waals surface area (Å²) in [7, 11) is 1.26. The Morgan fingerprint density at radius 3 is 2.50 bits per heavy atom. The monoisotopic (exact) mass is 388 g/mol. The fourth-order valence-corrected chi connectivity index (χ4v) is 2.86. The first-order valence-electron chi connectivity index (χ1n) is 9.35. The lowest BCUT2D eigenvalue weighted by Gasteiger charge is -2.34. The van der Waals surface area contributed by atoms with Crippen LogP contribution in [0, 0.1) is 24.7 Å². The molecule has 0 aromatic carbocycles. The van der Waals surface area contributed by atoms with Gasteiger partial charge in [0.15, 0.2) is 6.10 Å². The summed E-state index contributed by atoms with van der Waals surface area (Å²) in [5.74, 6) is 5.98. The van der Waals surface area contributed by atoms with Gasteiger partial charge in [0.05, 0.1) is 7.11 Å². The number of rotatable bonds is 2. The number of piperidine rings is 1. The molecule has 1 aliphatic rings. The molecule has 2 rings (SSSR count). The second-order valence-electron chi connectivity index (χ2n) is 7.73. The fraction of sp³-hybridized carbons (Fsp3) is 0.571. The number of aryl methyl sites for hydroxylation is 1. The van der Waals surface area contributed by atoms with E-state index in [1.54, 1.807) is 11.0 Å². The standard InChI is InChI=1S/C21H28N2O5/c1-15-7-6-8-17(22-15)9-10-18(27-20(25)26-5)16-11-13-23(14-12-16)19(24)28-21(2,3)4/h6-8,16,18H,11-14H2,1-5H3. The second kappa shape index (κ2) is 9.45. The molecule has 1 aromatic rings. The molecule has 1 amide bonds. The minimum Gasteiger partial charge on any atom is -0.444 e. The number of methoxy groups -OCH3 is 1. The molecular weight excluding hydrogens is 360 g/mol. The molecule has 0 spiro atoms. The summed E-state index contributed by atoms with van der Waals surface area (Å²) >= 11 is 0. The predicted molar refractivity (Wildman–Crippen MR) is 104 cm³/mol. The first-order chi connectivity index (χ1) is 13.2. The van der Waals surface area contributed by atoms with Crippen LogP contribution in [0.3, 0.4) is 0 Å². The van der Waals surface area contributed by atoms with Gasteiger partial charge in [-0.05, 0) is 58.6 Å². The Labute approximate surface area is 166 Å². The van der Waals surface area contributed by atoms with Gasteiger partial charge in [0.2, 0.25) is 0 Å². The van der Waals surface area contributed by atoms with Crippen LogP contribution in [0.25, 0.3) is 0 Å². The van der Waals surface area contributed by atoms with Crippen molar-refractivity contribution in [2.45, 2.75) is 52.2 Å². The highest BCUT2D eigenvalue weighted by Gasteiger charge is 2.32. The van der Waals surface area contributed by atoms with Gasteiger partial charge in [-0.2, -0.15) is 0 Å². The molecule has 7 nitrogen and oxygen atoms in total. The van der Waals surface area contributed by atoms with Crippen molar-refractivity contribution in [2.75, 3.05) is 20.2 Å². The lowest BCUT2D eigenvalue weighted by molar-refractivity contribution is 0.00216. The predicted octanol–water partition coefficient (Wildman–Crippen LogP) is 3.54. The van der Waals surface area contributed by atoms with E-state index in [-0.39, 0.29) is 12.0 Å². The zero-order chi connectivity index (χ0) is 20.7. The highest BCUT2D eigenvalue weighted by Crippen LogP contribution is 2.24. The number of ether oxygens (including phenoxy) is 3. The van der Waals surface area contributed by atoms with Crippen LogP contribution in [0.2, 0.25) is 0 Å². The van der Waals surface area contributed by atoms with E-state index in [1.807, 2.05) is 39.8 Å². The van der Waals surface area contributed by atoms with Gasteiger partial charge in [0, 0.05) is 24.7 Å². The number of aromatic nitrogens is 1. The van der Waals surface area contributed by atoms with Crippen molar-refractivity contribution in [1.82, 2.24) is 9.88 Å². The molecule has 1 aromatic heterocycles. The molecule has 0 radical (unpaired) electrons. The van der Waals surface area contributed by atoms with Crippen LogP contribution in [0.5, 0.6) is 0 Å². The Bertz CT molecular complexity index is 752. The van der Waals surface area contributed by atoms with E-state index in [0.717, 1.165) is 5.69 Å². The Hall–Kier alpha value is -2.75. The zero-order valence-electron chi connectivity index (χ0n) is 17.2. The van der Waals surface area contributed by atoms with Gasteiger partial charge in [0.25, 0.3) is 0 Å². The molecule has 7 heteroatoms. The normalized spacial score (nSPS) is 15.8. The van der Waals surface area contributed by atoms with Gasteiger partial charge >= 0.3 is 12.2 Å². The molecule has 0 bridgehead atoms. The van der Waals surface area contributed by atoms with Gasteiger partial charge in [0.1, 0.15) is 11.3 Å². The molecular formula is C21H28N2O5. The smallest absolute Gasteiger partial charge is 0.444 e. The van der Waals surface area contributed by atoms with E-state index in [1.165, 1.54) is 7.11 Å². The van der Waals surface area contributed by atoms with Gasteiger partial charge in [-0.25, -0.2) is 14.6 Å². The molecule has 1 fully saturated rings. The molecule has 0 aliphatic carbocycles. The molecule has 2 heterocycles. The summed E-state index contributed by atoms with van der Waals surface area (Å²) in [6.07, 6.45) is -0.429. The fourth-order valence-electron chi connectivity index (χ4n) is 2.86. The quantitative estimate of drug-likeness (QED) is 0.570. The summed E-state index contributed by atoms with van der Waals surface area (Å²) in [4.78, 5) is 29.9. The summed E-state index contributed by atoms with van der Waals surface area (Å²) in [6, 6.07) is 5.57. The van der Waals surface area contributed by atoms with E-state index in [9.17, 15) is 9.59 Å². The average molecular weight is 388 g/mol. The first kappa shape index (κ1) is 21.5. The minimum absolute atomic E-state index is 0.00454. The van der Waals surface area contributed by atoms with Crippen LogP contribution in [0.15, 0.2) is 18.2 Å². The number of hydrogen-bond acceptors (Lipinski definition) is 6. The Morgan fingerprint density at radius 2 is 1.93 bits per heavy atom. The van der Waals surface area contributed by atoms with Crippen molar-refractivity contribution in [3.63, 3.8) is 0 Å². The number of likely N-dealkylation sites (tertiary alicyclic amines) is 1. The largest absolute Gasteiger partial charge is 0.509 e. The Kier molecular flexibility index (Phi) is 7.27. The van der Waals surface area contributed by atoms with Crippen LogP contribution >= 0.6 is 0 Å². The molecule has 1 saturated heterocycles. The van der Waals surface area contributed by atoms with Crippen molar-refractivity contribution in [3.05, 3.63) is 29.6 Å². The van der Waals surface area contributed by atoms with Crippen LogP contribution in [0.1, 0.15) is 45.0 Å². The Balaban J connectivity index is 2.05. The summed E-state index contributed by atoms with van der Waals surface area (Å²) in [6.45, 7) is 8.45. The van der Waals surface area contributed by atoms with Crippen molar-refractivity contribution >= 4 is 12.2 Å². The van der Waals surface area contributed by atoms with Crippen molar-refractivity contribution in [2.24, 2.45) is 5.92 Å². The van der Waals surface area contributed by atoms with E-state index in [0.29, 0.717) is 31.6 Å². The van der Waals surface area contributed by atoms with Crippen LogP contribution < -0.4 is 0 Å². The molecule has 28 heavy (non-hydrogen) atoms. The first-order valence-corrected chi connectivity index (χ1v) is 9.35. The summed E-state index contributed by atoms with van der Waals surface area (Å²) in [5, 5.41) is 0. The maximum absolute atomic E-state index is 12.2. The molecule has 1 atom stereocenters. The van der Waals surface area contributed by atoms with E-state index in [2.05, 4.69) is 21.6 Å².